The van der Waals surface area contributed by atoms with Crippen molar-refractivity contribution in [2.24, 2.45) is 0 Å². The van der Waals surface area contributed by atoms with Crippen LogP contribution in [0.5, 0.6) is 0 Å². The normalized spacial score (nSPS) is 10.8. The summed E-state index contributed by atoms with van der Waals surface area (Å²) in [6.07, 6.45) is 3.57. The molecule has 25 heavy (non-hydrogen) atoms. The number of carboxylic acids is 1. The van der Waals surface area contributed by atoms with Crippen LogP contribution in [0.2, 0.25) is 0 Å². The number of imidazole rings is 1. The van der Waals surface area contributed by atoms with E-state index in [2.05, 4.69) is 4.98 Å². The van der Waals surface area contributed by atoms with Gasteiger partial charge in [0.1, 0.15) is 5.82 Å². The van der Waals surface area contributed by atoms with E-state index in [1.807, 2.05) is 16.8 Å². The quantitative estimate of drug-likeness (QED) is 0.715. The van der Waals surface area contributed by atoms with Crippen molar-refractivity contribution in [1.82, 2.24) is 9.55 Å². The molecule has 6 heteroatoms. The van der Waals surface area contributed by atoms with Crippen LogP contribution < -0.4 is 0 Å². The number of carboxylic acid groups (broad SMARTS) is 1. The molecule has 5 nitrogen and oxygen atoms in total. The van der Waals surface area contributed by atoms with Gasteiger partial charge in [0.2, 0.25) is 0 Å². The van der Waals surface area contributed by atoms with Crippen LogP contribution >= 0.6 is 0 Å². The van der Waals surface area contributed by atoms with Crippen LogP contribution in [0.25, 0.3) is 0 Å². The molecule has 0 unspecified atom stereocenters. The molecule has 0 aliphatic carbocycles. The monoisotopic (exact) mass is 340 g/mol. The number of aromatic carboxylic acids is 1. The van der Waals surface area contributed by atoms with E-state index in [0.717, 1.165) is 16.8 Å². The summed E-state index contributed by atoms with van der Waals surface area (Å²) in [7, 11) is 0. The number of aromatic nitrogens is 2. The zero-order valence-corrected chi connectivity index (χ0v) is 13.4. The summed E-state index contributed by atoms with van der Waals surface area (Å²) in [6, 6.07) is 13.0. The minimum Gasteiger partial charge on any atom is -0.478 e. The number of benzene rings is 2. The van der Waals surface area contributed by atoms with Crippen molar-refractivity contribution in [2.45, 2.75) is 19.8 Å². The molecule has 0 fully saturated rings. The van der Waals surface area contributed by atoms with Crippen molar-refractivity contribution < 1.29 is 19.0 Å². The predicted octanol–water partition coefficient (Wildman–Crippen LogP) is 3.49. The Morgan fingerprint density at radius 3 is 2.64 bits per heavy atom. The maximum absolute atomic E-state index is 13.1. The molecule has 0 saturated carbocycles. The largest absolute Gasteiger partial charge is 0.478 e. The Morgan fingerprint density at radius 1 is 1.12 bits per heavy atom. The Labute approximate surface area is 144 Å². The number of hydrogen-bond acceptors (Lipinski definition) is 3. The van der Waals surface area contributed by atoms with Crippen molar-refractivity contribution in [2.75, 3.05) is 0 Å². The van der Waals surface area contributed by atoms with Gasteiger partial charge in [0, 0.05) is 12.7 Å². The number of hydrogen-bond donors (Lipinski definition) is 1. The molecule has 0 spiro atoms. The fraction of sp³-hybridized carbons (Fsp3) is 0.158. The van der Waals surface area contributed by atoms with Crippen molar-refractivity contribution >= 4 is 5.97 Å². The lowest BCUT2D eigenvalue weighted by molar-refractivity contribution is 0.0697. The Balaban J connectivity index is 1.52. The first-order valence-corrected chi connectivity index (χ1v) is 7.75. The van der Waals surface area contributed by atoms with E-state index >= 15 is 0 Å². The first-order valence-electron chi connectivity index (χ1n) is 7.75. The highest BCUT2D eigenvalue weighted by molar-refractivity contribution is 5.87. The van der Waals surface area contributed by atoms with Crippen LogP contribution in [-0.4, -0.2) is 20.6 Å². The van der Waals surface area contributed by atoms with Gasteiger partial charge in [-0.2, -0.15) is 0 Å². The maximum atomic E-state index is 13.1. The van der Waals surface area contributed by atoms with Gasteiger partial charge in [-0.05, 0) is 35.4 Å². The SMILES string of the molecule is O=C(O)c1ccc(Cn2cnc(COCc3cccc(F)c3)c2)cc1. The molecular weight excluding hydrogens is 323 g/mol. The molecule has 0 atom stereocenters. The lowest BCUT2D eigenvalue weighted by atomic mass is 10.1. The molecule has 1 heterocycles. The molecule has 0 amide bonds. The molecule has 2 aromatic carbocycles. The van der Waals surface area contributed by atoms with Crippen molar-refractivity contribution in [3.05, 3.63) is 89.3 Å². The molecule has 1 N–H and O–H groups in total. The average molecular weight is 340 g/mol. The molecule has 0 radical (unpaired) electrons. The van der Waals surface area contributed by atoms with Crippen LogP contribution in [-0.2, 0) is 24.5 Å². The van der Waals surface area contributed by atoms with Gasteiger partial charge < -0.3 is 14.4 Å². The summed E-state index contributed by atoms with van der Waals surface area (Å²) in [5, 5.41) is 8.90. The van der Waals surface area contributed by atoms with E-state index in [1.165, 1.54) is 12.1 Å². The zero-order chi connectivity index (χ0) is 17.6. The summed E-state index contributed by atoms with van der Waals surface area (Å²) >= 11 is 0. The van der Waals surface area contributed by atoms with Crippen LogP contribution in [0.15, 0.2) is 61.1 Å². The van der Waals surface area contributed by atoms with Gasteiger partial charge in [0.25, 0.3) is 0 Å². The Morgan fingerprint density at radius 2 is 1.92 bits per heavy atom. The number of rotatable bonds is 7. The Hall–Kier alpha value is -2.99. The minimum absolute atomic E-state index is 0.265. The van der Waals surface area contributed by atoms with E-state index in [9.17, 15) is 9.18 Å². The third-order valence-corrected chi connectivity index (χ3v) is 3.66. The highest BCUT2D eigenvalue weighted by atomic mass is 19.1. The first-order chi connectivity index (χ1) is 12.1. The van der Waals surface area contributed by atoms with E-state index in [-0.39, 0.29) is 11.4 Å². The first kappa shape index (κ1) is 16.9. The molecule has 3 aromatic rings. The van der Waals surface area contributed by atoms with E-state index in [1.54, 1.807) is 36.7 Å². The van der Waals surface area contributed by atoms with Gasteiger partial charge in [-0.15, -0.1) is 0 Å². The average Bonchev–Trinajstić information content (AvgIpc) is 3.03. The molecule has 0 saturated heterocycles. The zero-order valence-electron chi connectivity index (χ0n) is 13.4. The van der Waals surface area contributed by atoms with Gasteiger partial charge in [-0.3, -0.25) is 0 Å². The topological polar surface area (TPSA) is 64.3 Å². The van der Waals surface area contributed by atoms with E-state index < -0.39 is 5.97 Å². The van der Waals surface area contributed by atoms with Crippen LogP contribution in [0.4, 0.5) is 4.39 Å². The third-order valence-electron chi connectivity index (χ3n) is 3.66. The number of halogens is 1. The highest BCUT2D eigenvalue weighted by Gasteiger charge is 2.04. The van der Waals surface area contributed by atoms with Gasteiger partial charge in [-0.25, -0.2) is 14.2 Å². The standard InChI is InChI=1S/C19H17FN2O3/c20-17-3-1-2-15(8-17)11-25-12-18-10-22(13-21-18)9-14-4-6-16(7-5-14)19(23)24/h1-8,10,13H,9,11-12H2,(H,23,24). The summed E-state index contributed by atoms with van der Waals surface area (Å²) in [4.78, 5) is 15.1. The lowest BCUT2D eigenvalue weighted by Gasteiger charge is -2.04. The lowest BCUT2D eigenvalue weighted by Crippen LogP contribution is -1.99. The molecule has 0 bridgehead atoms. The van der Waals surface area contributed by atoms with Gasteiger partial charge >= 0.3 is 5.97 Å². The van der Waals surface area contributed by atoms with Crippen molar-refractivity contribution in [3.63, 3.8) is 0 Å². The van der Waals surface area contributed by atoms with Gasteiger partial charge in [0.05, 0.1) is 30.8 Å². The molecule has 3 rings (SSSR count). The minimum atomic E-state index is -0.938. The highest BCUT2D eigenvalue weighted by Crippen LogP contribution is 2.09. The molecular formula is C19H17FN2O3. The second kappa shape index (κ2) is 7.72. The summed E-state index contributed by atoms with van der Waals surface area (Å²) in [5.74, 6) is -1.22. The van der Waals surface area contributed by atoms with Gasteiger partial charge in [0.15, 0.2) is 0 Å². The maximum Gasteiger partial charge on any atom is 0.335 e. The van der Waals surface area contributed by atoms with Crippen LogP contribution in [0, 0.1) is 5.82 Å². The number of nitrogens with zero attached hydrogens (tertiary/aromatic N) is 2. The van der Waals surface area contributed by atoms with Crippen molar-refractivity contribution in [3.8, 4) is 0 Å². The number of ether oxygens (including phenoxy) is 1. The predicted molar refractivity (Wildman–Crippen MR) is 89.6 cm³/mol. The molecule has 1 aromatic heterocycles. The summed E-state index contributed by atoms with van der Waals surface area (Å²) in [5.41, 5.74) is 2.80. The van der Waals surface area contributed by atoms with Crippen LogP contribution in [0.1, 0.15) is 27.2 Å². The Kier molecular flexibility index (Phi) is 5.20. The molecule has 0 aliphatic heterocycles. The second-order valence-electron chi connectivity index (χ2n) is 5.66. The Bertz CT molecular complexity index is 859. The smallest absolute Gasteiger partial charge is 0.335 e. The van der Waals surface area contributed by atoms with Crippen molar-refractivity contribution in [1.29, 1.82) is 0 Å². The van der Waals surface area contributed by atoms with Gasteiger partial charge in [-0.1, -0.05) is 24.3 Å². The van der Waals surface area contributed by atoms with E-state index in [4.69, 9.17) is 9.84 Å². The third kappa shape index (κ3) is 4.74. The molecule has 128 valence electrons. The fourth-order valence-corrected chi connectivity index (χ4v) is 2.43. The second-order valence-corrected chi connectivity index (χ2v) is 5.66. The number of carbonyl (C=O) groups is 1. The fourth-order valence-electron chi connectivity index (χ4n) is 2.43. The molecule has 0 aliphatic rings. The summed E-state index contributed by atoms with van der Waals surface area (Å²) < 4.78 is 20.6. The summed E-state index contributed by atoms with van der Waals surface area (Å²) in [6.45, 7) is 1.25. The van der Waals surface area contributed by atoms with Crippen LogP contribution in [0.3, 0.4) is 0 Å². The van der Waals surface area contributed by atoms with E-state index in [0.29, 0.717) is 19.8 Å².